The van der Waals surface area contributed by atoms with Crippen LogP contribution in [0.1, 0.15) is 32.3 Å². The van der Waals surface area contributed by atoms with Crippen LogP contribution in [0.5, 0.6) is 5.75 Å². The third kappa shape index (κ3) is 5.30. The van der Waals surface area contributed by atoms with E-state index in [-0.39, 0.29) is 5.91 Å². The lowest BCUT2D eigenvalue weighted by molar-refractivity contribution is -0.116. The summed E-state index contributed by atoms with van der Waals surface area (Å²) < 4.78 is 5.23. The van der Waals surface area contributed by atoms with Crippen LogP contribution < -0.4 is 15.4 Å². The van der Waals surface area contributed by atoms with Crippen molar-refractivity contribution in [3.05, 3.63) is 23.8 Å². The van der Waals surface area contributed by atoms with E-state index in [1.807, 2.05) is 25.1 Å². The zero-order valence-corrected chi connectivity index (χ0v) is 12.2. The van der Waals surface area contributed by atoms with Gasteiger partial charge >= 0.3 is 0 Å². The molecule has 0 heterocycles. The van der Waals surface area contributed by atoms with Gasteiger partial charge in [-0.15, -0.1) is 0 Å². The number of methoxy groups -OCH3 is 1. The minimum Gasteiger partial charge on any atom is -0.495 e. The monoisotopic (exact) mass is 264 g/mol. The van der Waals surface area contributed by atoms with Gasteiger partial charge in [0.2, 0.25) is 5.91 Å². The standard InChI is InChI=1S/C15H24N2O2/c1-5-12(3)16-9-8-15(18)17-13-10-11(2)6-7-14(13)19-4/h6-7,10,12,16H,5,8-9H2,1-4H3,(H,17,18). The molecule has 0 saturated heterocycles. The van der Waals surface area contributed by atoms with Gasteiger partial charge in [0.1, 0.15) is 5.75 Å². The van der Waals surface area contributed by atoms with Crippen molar-refractivity contribution in [3.8, 4) is 5.75 Å². The van der Waals surface area contributed by atoms with Crippen molar-refractivity contribution >= 4 is 11.6 Å². The summed E-state index contributed by atoms with van der Waals surface area (Å²) in [5.74, 6) is 0.688. The molecule has 1 aromatic rings. The first-order valence-electron chi connectivity index (χ1n) is 6.74. The van der Waals surface area contributed by atoms with Gasteiger partial charge in [0.25, 0.3) is 0 Å². The fourth-order valence-corrected chi connectivity index (χ4v) is 1.71. The van der Waals surface area contributed by atoms with Crippen molar-refractivity contribution in [3.63, 3.8) is 0 Å². The number of benzene rings is 1. The minimum atomic E-state index is -0.000275. The zero-order valence-electron chi connectivity index (χ0n) is 12.2. The average Bonchev–Trinajstić information content (AvgIpc) is 2.38. The van der Waals surface area contributed by atoms with E-state index in [4.69, 9.17) is 4.74 Å². The number of rotatable bonds is 7. The predicted molar refractivity (Wildman–Crippen MR) is 78.7 cm³/mol. The Morgan fingerprint density at radius 2 is 2.16 bits per heavy atom. The van der Waals surface area contributed by atoms with Crippen LogP contribution in [0, 0.1) is 6.92 Å². The Morgan fingerprint density at radius 3 is 2.79 bits per heavy atom. The third-order valence-corrected chi connectivity index (χ3v) is 3.09. The van der Waals surface area contributed by atoms with Gasteiger partial charge in [0.15, 0.2) is 0 Å². The first-order valence-corrected chi connectivity index (χ1v) is 6.74. The molecule has 19 heavy (non-hydrogen) atoms. The number of aryl methyl sites for hydroxylation is 1. The third-order valence-electron chi connectivity index (χ3n) is 3.09. The number of carbonyl (C=O) groups is 1. The van der Waals surface area contributed by atoms with Crippen LogP contribution in [-0.4, -0.2) is 25.6 Å². The van der Waals surface area contributed by atoms with Crippen molar-refractivity contribution in [2.24, 2.45) is 0 Å². The van der Waals surface area contributed by atoms with Crippen LogP contribution >= 0.6 is 0 Å². The van der Waals surface area contributed by atoms with E-state index in [1.54, 1.807) is 7.11 Å². The Morgan fingerprint density at radius 1 is 1.42 bits per heavy atom. The summed E-state index contributed by atoms with van der Waals surface area (Å²) in [5.41, 5.74) is 1.82. The highest BCUT2D eigenvalue weighted by molar-refractivity contribution is 5.92. The molecule has 1 amide bonds. The van der Waals surface area contributed by atoms with Crippen LogP contribution in [-0.2, 0) is 4.79 Å². The van der Waals surface area contributed by atoms with E-state index in [9.17, 15) is 4.79 Å². The van der Waals surface area contributed by atoms with E-state index in [0.29, 0.717) is 24.8 Å². The number of nitrogens with one attached hydrogen (secondary N) is 2. The van der Waals surface area contributed by atoms with E-state index in [1.165, 1.54) is 0 Å². The second-order valence-corrected chi connectivity index (χ2v) is 4.77. The number of anilines is 1. The van der Waals surface area contributed by atoms with Gasteiger partial charge in [0.05, 0.1) is 12.8 Å². The van der Waals surface area contributed by atoms with Crippen molar-refractivity contribution in [2.75, 3.05) is 19.0 Å². The van der Waals surface area contributed by atoms with Crippen LogP contribution in [0.2, 0.25) is 0 Å². The van der Waals surface area contributed by atoms with E-state index in [0.717, 1.165) is 17.7 Å². The molecule has 0 bridgehead atoms. The summed E-state index contributed by atoms with van der Waals surface area (Å²) in [6, 6.07) is 6.18. The largest absolute Gasteiger partial charge is 0.495 e. The number of hydrogen-bond acceptors (Lipinski definition) is 3. The van der Waals surface area contributed by atoms with Gasteiger partial charge in [-0.25, -0.2) is 0 Å². The SMILES string of the molecule is CCC(C)NCCC(=O)Nc1cc(C)ccc1OC. The lowest BCUT2D eigenvalue weighted by atomic mass is 10.2. The van der Waals surface area contributed by atoms with Gasteiger partial charge in [0, 0.05) is 19.0 Å². The molecule has 0 spiro atoms. The topological polar surface area (TPSA) is 50.4 Å². The Balaban J connectivity index is 2.50. The Kier molecular flexibility index (Phi) is 6.36. The van der Waals surface area contributed by atoms with Crippen LogP contribution in [0.15, 0.2) is 18.2 Å². The number of amides is 1. The molecule has 1 unspecified atom stereocenters. The highest BCUT2D eigenvalue weighted by atomic mass is 16.5. The van der Waals surface area contributed by atoms with Gasteiger partial charge in [-0.3, -0.25) is 4.79 Å². The molecule has 4 nitrogen and oxygen atoms in total. The molecular formula is C15H24N2O2. The quantitative estimate of drug-likeness (QED) is 0.796. The Bertz CT molecular complexity index is 419. The smallest absolute Gasteiger partial charge is 0.225 e. The molecule has 4 heteroatoms. The van der Waals surface area contributed by atoms with E-state index >= 15 is 0 Å². The molecule has 1 rings (SSSR count). The maximum atomic E-state index is 11.9. The number of ether oxygens (including phenoxy) is 1. The van der Waals surface area contributed by atoms with Gasteiger partial charge in [-0.1, -0.05) is 13.0 Å². The summed E-state index contributed by atoms with van der Waals surface area (Å²) in [4.78, 5) is 11.9. The summed E-state index contributed by atoms with van der Waals surface area (Å²) in [7, 11) is 1.60. The molecule has 0 aliphatic carbocycles. The maximum Gasteiger partial charge on any atom is 0.225 e. The average molecular weight is 264 g/mol. The molecule has 1 aromatic carbocycles. The van der Waals surface area contributed by atoms with E-state index in [2.05, 4.69) is 24.5 Å². The van der Waals surface area contributed by atoms with Crippen molar-refractivity contribution in [1.29, 1.82) is 0 Å². The molecule has 0 aliphatic heterocycles. The minimum absolute atomic E-state index is 0.000275. The predicted octanol–water partition coefficient (Wildman–Crippen LogP) is 2.72. The lowest BCUT2D eigenvalue weighted by Crippen LogP contribution is -2.29. The van der Waals surface area contributed by atoms with Gasteiger partial charge in [-0.05, 0) is 38.0 Å². The molecular weight excluding hydrogens is 240 g/mol. The summed E-state index contributed by atoms with van der Waals surface area (Å²) in [5, 5.41) is 6.19. The van der Waals surface area contributed by atoms with Crippen molar-refractivity contribution < 1.29 is 9.53 Å². The second kappa shape index (κ2) is 7.79. The Labute approximate surface area is 115 Å². The highest BCUT2D eigenvalue weighted by Crippen LogP contribution is 2.25. The normalized spacial score (nSPS) is 12.0. The summed E-state index contributed by atoms with van der Waals surface area (Å²) >= 11 is 0. The second-order valence-electron chi connectivity index (χ2n) is 4.77. The molecule has 106 valence electrons. The van der Waals surface area contributed by atoms with Crippen molar-refractivity contribution in [2.45, 2.75) is 39.7 Å². The maximum absolute atomic E-state index is 11.9. The molecule has 0 fully saturated rings. The highest BCUT2D eigenvalue weighted by Gasteiger charge is 2.08. The van der Waals surface area contributed by atoms with E-state index < -0.39 is 0 Å². The van der Waals surface area contributed by atoms with Crippen LogP contribution in [0.3, 0.4) is 0 Å². The fourth-order valence-electron chi connectivity index (χ4n) is 1.71. The molecule has 2 N–H and O–H groups in total. The summed E-state index contributed by atoms with van der Waals surface area (Å²) in [6.07, 6.45) is 1.52. The molecule has 0 aromatic heterocycles. The zero-order chi connectivity index (χ0) is 14.3. The first kappa shape index (κ1) is 15.5. The van der Waals surface area contributed by atoms with Crippen LogP contribution in [0.25, 0.3) is 0 Å². The first-order chi connectivity index (χ1) is 9.06. The van der Waals surface area contributed by atoms with Crippen LogP contribution in [0.4, 0.5) is 5.69 Å². The molecule has 0 saturated carbocycles. The number of carbonyl (C=O) groups excluding carboxylic acids is 1. The van der Waals surface area contributed by atoms with Gasteiger partial charge < -0.3 is 15.4 Å². The van der Waals surface area contributed by atoms with Crippen molar-refractivity contribution in [1.82, 2.24) is 5.32 Å². The number of hydrogen-bond donors (Lipinski definition) is 2. The molecule has 0 aliphatic rings. The Hall–Kier alpha value is -1.55. The molecule has 1 atom stereocenters. The van der Waals surface area contributed by atoms with Gasteiger partial charge in [-0.2, -0.15) is 0 Å². The fraction of sp³-hybridized carbons (Fsp3) is 0.533. The summed E-state index contributed by atoms with van der Waals surface area (Å²) in [6.45, 7) is 6.91. The molecule has 0 radical (unpaired) electrons. The lowest BCUT2D eigenvalue weighted by Gasteiger charge is -2.13.